The first-order valence-electron chi connectivity index (χ1n) is 8.16. The van der Waals surface area contributed by atoms with Crippen molar-refractivity contribution < 1.29 is 19.1 Å². The fraction of sp³-hybridized carbons (Fsp3) is 0.706. The molecule has 0 aromatic carbocycles. The zero-order valence-corrected chi connectivity index (χ0v) is 14.9. The van der Waals surface area contributed by atoms with E-state index in [4.69, 9.17) is 4.74 Å². The first kappa shape index (κ1) is 19.2. The number of unbranched alkanes of at least 4 members (excludes halogenated alkanes) is 2. The van der Waals surface area contributed by atoms with Crippen LogP contribution in [0.3, 0.4) is 0 Å². The van der Waals surface area contributed by atoms with E-state index in [1.165, 1.54) is 0 Å². The Morgan fingerprint density at radius 2 is 1.96 bits per heavy atom. The lowest BCUT2D eigenvalue weighted by atomic mass is 9.98. The van der Waals surface area contributed by atoms with Crippen LogP contribution < -0.4 is 5.32 Å². The summed E-state index contributed by atoms with van der Waals surface area (Å²) in [6.45, 7) is 10.8. The van der Waals surface area contributed by atoms with Crippen LogP contribution in [0, 0.1) is 5.92 Å². The standard InChI is InChI=1S/C17H28N2O4/c1-7-8-9-10-12-15(21)19(16(22)23-17(4,5)6)13(11(2)3)14(20)18-12/h10-11,13H,7-9H2,1-6H3,(H,18,20)/b12-10+. The topological polar surface area (TPSA) is 75.7 Å². The van der Waals surface area contributed by atoms with E-state index in [9.17, 15) is 14.4 Å². The normalized spacial score (nSPS) is 20.9. The molecule has 1 heterocycles. The van der Waals surface area contributed by atoms with E-state index in [1.807, 2.05) is 6.92 Å². The third kappa shape index (κ3) is 5.08. The van der Waals surface area contributed by atoms with Crippen molar-refractivity contribution >= 4 is 17.9 Å². The molecule has 6 heteroatoms. The molecule has 130 valence electrons. The molecule has 0 spiro atoms. The van der Waals surface area contributed by atoms with Crippen LogP contribution >= 0.6 is 0 Å². The molecule has 1 unspecified atom stereocenters. The summed E-state index contributed by atoms with van der Waals surface area (Å²) in [5, 5.41) is 2.63. The summed E-state index contributed by atoms with van der Waals surface area (Å²) in [6.07, 6.45) is 3.46. The summed E-state index contributed by atoms with van der Waals surface area (Å²) in [5.74, 6) is -1.06. The van der Waals surface area contributed by atoms with Crippen molar-refractivity contribution in [3.05, 3.63) is 11.8 Å². The predicted molar refractivity (Wildman–Crippen MR) is 87.5 cm³/mol. The van der Waals surface area contributed by atoms with Crippen molar-refractivity contribution in [1.29, 1.82) is 0 Å². The zero-order chi connectivity index (χ0) is 17.8. The Hall–Kier alpha value is -1.85. The molecule has 1 saturated heterocycles. The second kappa shape index (κ2) is 7.62. The van der Waals surface area contributed by atoms with Crippen LogP contribution in [0.4, 0.5) is 4.79 Å². The maximum Gasteiger partial charge on any atom is 0.418 e. The van der Waals surface area contributed by atoms with Crippen LogP contribution in [0.2, 0.25) is 0 Å². The third-order valence-corrected chi connectivity index (χ3v) is 3.38. The molecule has 1 aliphatic rings. The molecule has 1 atom stereocenters. The lowest BCUT2D eigenvalue weighted by Crippen LogP contribution is -2.61. The Kier molecular flexibility index (Phi) is 6.36. The van der Waals surface area contributed by atoms with Crippen molar-refractivity contribution in [2.75, 3.05) is 0 Å². The van der Waals surface area contributed by atoms with Crippen LogP contribution in [0.1, 0.15) is 60.8 Å². The van der Waals surface area contributed by atoms with E-state index in [0.29, 0.717) is 6.42 Å². The van der Waals surface area contributed by atoms with Gasteiger partial charge in [0.05, 0.1) is 0 Å². The minimum Gasteiger partial charge on any atom is -0.443 e. The fourth-order valence-corrected chi connectivity index (χ4v) is 2.33. The average Bonchev–Trinajstić information content (AvgIpc) is 2.39. The van der Waals surface area contributed by atoms with Gasteiger partial charge in [0.2, 0.25) is 5.91 Å². The van der Waals surface area contributed by atoms with Gasteiger partial charge in [0.15, 0.2) is 0 Å². The highest BCUT2D eigenvalue weighted by Gasteiger charge is 2.44. The number of nitrogens with one attached hydrogen (secondary N) is 1. The molecular formula is C17H28N2O4. The molecule has 1 aliphatic heterocycles. The van der Waals surface area contributed by atoms with Crippen LogP contribution in [0.15, 0.2) is 11.8 Å². The molecular weight excluding hydrogens is 296 g/mol. The molecule has 0 aliphatic carbocycles. The smallest absolute Gasteiger partial charge is 0.418 e. The van der Waals surface area contributed by atoms with Crippen LogP contribution in [-0.2, 0) is 14.3 Å². The summed E-state index contributed by atoms with van der Waals surface area (Å²) in [7, 11) is 0. The number of carbonyl (C=O) groups excluding carboxylic acids is 3. The molecule has 0 aromatic rings. The highest BCUT2D eigenvalue weighted by atomic mass is 16.6. The number of amides is 3. The fourth-order valence-electron chi connectivity index (χ4n) is 2.33. The van der Waals surface area contributed by atoms with Gasteiger partial charge in [0, 0.05) is 0 Å². The number of imide groups is 1. The summed E-state index contributed by atoms with van der Waals surface area (Å²) < 4.78 is 5.31. The average molecular weight is 324 g/mol. The summed E-state index contributed by atoms with van der Waals surface area (Å²) in [4.78, 5) is 38.4. The van der Waals surface area contributed by atoms with Gasteiger partial charge in [-0.25, -0.2) is 9.69 Å². The first-order chi connectivity index (χ1) is 10.6. The summed E-state index contributed by atoms with van der Waals surface area (Å²) in [6, 6.07) is -0.860. The van der Waals surface area contributed by atoms with Gasteiger partial charge in [-0.05, 0) is 39.5 Å². The SMILES string of the molecule is CCCC/C=C1/NC(=O)C(C(C)C)N(C(=O)OC(C)(C)C)C1=O. The molecule has 6 nitrogen and oxygen atoms in total. The van der Waals surface area contributed by atoms with Crippen molar-refractivity contribution in [3.8, 4) is 0 Å². The van der Waals surface area contributed by atoms with E-state index < -0.39 is 23.6 Å². The molecule has 0 aromatic heterocycles. The molecule has 1 rings (SSSR count). The van der Waals surface area contributed by atoms with Gasteiger partial charge in [-0.2, -0.15) is 0 Å². The van der Waals surface area contributed by atoms with Crippen LogP contribution in [0.25, 0.3) is 0 Å². The first-order valence-corrected chi connectivity index (χ1v) is 8.16. The van der Waals surface area contributed by atoms with Gasteiger partial charge < -0.3 is 10.1 Å². The molecule has 3 amide bonds. The minimum absolute atomic E-state index is 0.159. The number of nitrogens with zero attached hydrogens (tertiary/aromatic N) is 1. The van der Waals surface area contributed by atoms with E-state index in [1.54, 1.807) is 40.7 Å². The van der Waals surface area contributed by atoms with Gasteiger partial charge in [-0.3, -0.25) is 9.59 Å². The third-order valence-electron chi connectivity index (χ3n) is 3.38. The predicted octanol–water partition coefficient (Wildman–Crippen LogP) is 2.98. The molecule has 1 fully saturated rings. The van der Waals surface area contributed by atoms with E-state index in [0.717, 1.165) is 17.7 Å². The van der Waals surface area contributed by atoms with Gasteiger partial charge >= 0.3 is 6.09 Å². The number of allylic oxidation sites excluding steroid dienone is 1. The Morgan fingerprint density at radius 3 is 2.43 bits per heavy atom. The van der Waals surface area contributed by atoms with Gasteiger partial charge in [0.25, 0.3) is 5.91 Å². The monoisotopic (exact) mass is 324 g/mol. The number of hydrogen-bond donors (Lipinski definition) is 1. The maximum absolute atomic E-state index is 12.6. The van der Waals surface area contributed by atoms with Crippen molar-refractivity contribution in [1.82, 2.24) is 10.2 Å². The van der Waals surface area contributed by atoms with Crippen LogP contribution in [-0.4, -0.2) is 34.5 Å². The highest BCUT2D eigenvalue weighted by molar-refractivity contribution is 6.11. The molecule has 0 radical (unpaired) electrons. The molecule has 23 heavy (non-hydrogen) atoms. The molecule has 0 saturated carbocycles. The number of piperazine rings is 1. The second-order valence-corrected chi connectivity index (χ2v) is 7.09. The summed E-state index contributed by atoms with van der Waals surface area (Å²) >= 11 is 0. The number of carbonyl (C=O) groups is 3. The lowest BCUT2D eigenvalue weighted by Gasteiger charge is -2.37. The van der Waals surface area contributed by atoms with Crippen LogP contribution in [0.5, 0.6) is 0 Å². The zero-order valence-electron chi connectivity index (χ0n) is 14.9. The van der Waals surface area contributed by atoms with Gasteiger partial charge in [-0.1, -0.05) is 33.3 Å². The molecule has 0 bridgehead atoms. The van der Waals surface area contributed by atoms with Crippen molar-refractivity contribution in [3.63, 3.8) is 0 Å². The number of rotatable bonds is 4. The quantitative estimate of drug-likeness (QED) is 0.637. The van der Waals surface area contributed by atoms with Gasteiger partial charge in [-0.15, -0.1) is 0 Å². The molecule has 1 N–H and O–H groups in total. The lowest BCUT2D eigenvalue weighted by molar-refractivity contribution is -0.143. The Labute approximate surface area is 138 Å². The van der Waals surface area contributed by atoms with E-state index in [-0.39, 0.29) is 17.5 Å². The van der Waals surface area contributed by atoms with E-state index in [2.05, 4.69) is 5.32 Å². The van der Waals surface area contributed by atoms with Crippen molar-refractivity contribution in [2.45, 2.75) is 72.4 Å². The largest absolute Gasteiger partial charge is 0.443 e. The number of hydrogen-bond acceptors (Lipinski definition) is 4. The summed E-state index contributed by atoms with van der Waals surface area (Å²) in [5.41, 5.74) is -0.579. The van der Waals surface area contributed by atoms with Gasteiger partial charge in [0.1, 0.15) is 17.3 Å². The van der Waals surface area contributed by atoms with E-state index >= 15 is 0 Å². The minimum atomic E-state index is -0.860. The van der Waals surface area contributed by atoms with Crippen molar-refractivity contribution in [2.24, 2.45) is 5.92 Å². The second-order valence-electron chi connectivity index (χ2n) is 7.09. The number of ether oxygens (including phenoxy) is 1. The Bertz CT molecular complexity index is 503. The Balaban J connectivity index is 3.11. The Morgan fingerprint density at radius 1 is 1.35 bits per heavy atom. The highest BCUT2D eigenvalue weighted by Crippen LogP contribution is 2.22. The maximum atomic E-state index is 12.6.